The third kappa shape index (κ3) is 5.52. The van der Waals surface area contributed by atoms with Gasteiger partial charge in [-0.1, -0.05) is 17.7 Å². The van der Waals surface area contributed by atoms with E-state index in [-0.39, 0.29) is 11.4 Å². The summed E-state index contributed by atoms with van der Waals surface area (Å²) in [5.41, 5.74) is 2.96. The average Bonchev–Trinajstić information content (AvgIpc) is 2.19. The number of halogens is 1. The van der Waals surface area contributed by atoms with Crippen molar-refractivity contribution < 1.29 is 4.79 Å². The van der Waals surface area contributed by atoms with Crippen molar-refractivity contribution in [3.05, 3.63) is 28.3 Å². The zero-order valence-corrected chi connectivity index (χ0v) is 13.1. The minimum Gasteiger partial charge on any atom is -0.383 e. The first-order valence-electron chi connectivity index (χ1n) is 6.50. The van der Waals surface area contributed by atoms with E-state index in [4.69, 9.17) is 11.6 Å². The third-order valence-corrected chi connectivity index (χ3v) is 2.90. The molecule has 3 nitrogen and oxygen atoms in total. The van der Waals surface area contributed by atoms with Crippen LogP contribution in [-0.2, 0) is 4.79 Å². The van der Waals surface area contributed by atoms with Gasteiger partial charge in [0.1, 0.15) is 0 Å². The average molecular weight is 283 g/mol. The molecule has 0 aliphatic carbocycles. The SMILES string of the molecule is Cc1cc(C)c(NCCC(=O)NC(C)(C)C)c(Cl)c1. The van der Waals surface area contributed by atoms with Crippen LogP contribution in [0.15, 0.2) is 12.1 Å². The van der Waals surface area contributed by atoms with Gasteiger partial charge in [0.25, 0.3) is 0 Å². The summed E-state index contributed by atoms with van der Waals surface area (Å²) in [6, 6.07) is 4.00. The van der Waals surface area contributed by atoms with E-state index in [0.717, 1.165) is 16.8 Å². The second-order valence-electron chi connectivity index (χ2n) is 5.91. The van der Waals surface area contributed by atoms with E-state index in [2.05, 4.69) is 16.7 Å². The van der Waals surface area contributed by atoms with Gasteiger partial charge in [-0.25, -0.2) is 0 Å². The molecular weight excluding hydrogens is 260 g/mol. The lowest BCUT2D eigenvalue weighted by atomic mass is 10.1. The van der Waals surface area contributed by atoms with E-state index in [1.54, 1.807) is 0 Å². The number of aryl methyl sites for hydroxylation is 2. The highest BCUT2D eigenvalue weighted by Gasteiger charge is 2.13. The van der Waals surface area contributed by atoms with Crippen LogP contribution in [0, 0.1) is 13.8 Å². The zero-order valence-electron chi connectivity index (χ0n) is 12.4. The van der Waals surface area contributed by atoms with Crippen LogP contribution >= 0.6 is 11.6 Å². The Morgan fingerprint density at radius 1 is 1.26 bits per heavy atom. The summed E-state index contributed by atoms with van der Waals surface area (Å²) < 4.78 is 0. The molecule has 0 saturated carbocycles. The molecular formula is C15H23ClN2O. The Labute approximate surface area is 120 Å². The molecule has 0 spiro atoms. The molecule has 1 rings (SSSR count). The molecule has 0 aromatic heterocycles. The summed E-state index contributed by atoms with van der Waals surface area (Å²) in [6.07, 6.45) is 0.431. The molecule has 0 radical (unpaired) electrons. The van der Waals surface area contributed by atoms with Crippen LogP contribution in [0.3, 0.4) is 0 Å². The first-order valence-corrected chi connectivity index (χ1v) is 6.88. The molecule has 0 aliphatic heterocycles. The largest absolute Gasteiger partial charge is 0.383 e. The summed E-state index contributed by atoms with van der Waals surface area (Å²) in [5, 5.41) is 6.87. The molecule has 1 aromatic rings. The van der Waals surface area contributed by atoms with Gasteiger partial charge in [-0.05, 0) is 51.8 Å². The topological polar surface area (TPSA) is 41.1 Å². The van der Waals surface area contributed by atoms with Gasteiger partial charge in [0, 0.05) is 18.5 Å². The minimum atomic E-state index is -0.186. The van der Waals surface area contributed by atoms with Crippen LogP contribution in [0.2, 0.25) is 5.02 Å². The van der Waals surface area contributed by atoms with Gasteiger partial charge in [0.2, 0.25) is 5.91 Å². The van der Waals surface area contributed by atoms with E-state index in [9.17, 15) is 4.79 Å². The highest BCUT2D eigenvalue weighted by atomic mass is 35.5. The molecule has 0 heterocycles. The molecule has 1 aromatic carbocycles. The Balaban J connectivity index is 2.52. The van der Waals surface area contributed by atoms with Gasteiger partial charge >= 0.3 is 0 Å². The van der Waals surface area contributed by atoms with Crippen LogP contribution < -0.4 is 10.6 Å². The van der Waals surface area contributed by atoms with E-state index in [1.807, 2.05) is 40.7 Å². The van der Waals surface area contributed by atoms with E-state index in [0.29, 0.717) is 18.0 Å². The molecule has 2 N–H and O–H groups in total. The first kappa shape index (κ1) is 15.8. The summed E-state index contributed by atoms with van der Waals surface area (Å²) >= 11 is 6.19. The lowest BCUT2D eigenvalue weighted by molar-refractivity contribution is -0.122. The summed E-state index contributed by atoms with van der Waals surface area (Å²) in [7, 11) is 0. The normalized spacial score (nSPS) is 11.3. The maximum absolute atomic E-state index is 11.7. The van der Waals surface area contributed by atoms with Crippen LogP contribution in [0.5, 0.6) is 0 Å². The molecule has 106 valence electrons. The Morgan fingerprint density at radius 2 is 1.89 bits per heavy atom. The van der Waals surface area contributed by atoms with Gasteiger partial charge in [-0.15, -0.1) is 0 Å². The Hall–Kier alpha value is -1.22. The van der Waals surface area contributed by atoms with Crippen molar-refractivity contribution in [2.45, 2.75) is 46.6 Å². The number of nitrogens with one attached hydrogen (secondary N) is 2. The molecule has 19 heavy (non-hydrogen) atoms. The maximum atomic E-state index is 11.7. The molecule has 1 amide bonds. The van der Waals surface area contributed by atoms with Crippen LogP contribution in [0.25, 0.3) is 0 Å². The number of amides is 1. The van der Waals surface area contributed by atoms with Gasteiger partial charge in [0.15, 0.2) is 0 Å². The summed E-state index contributed by atoms with van der Waals surface area (Å²) in [5.74, 6) is 0.0425. The molecule has 0 fully saturated rings. The van der Waals surface area contributed by atoms with E-state index < -0.39 is 0 Å². The molecule has 0 saturated heterocycles. The predicted molar refractivity (Wildman–Crippen MR) is 81.9 cm³/mol. The molecule has 4 heteroatoms. The fraction of sp³-hybridized carbons (Fsp3) is 0.533. The maximum Gasteiger partial charge on any atom is 0.222 e. The Morgan fingerprint density at radius 3 is 2.42 bits per heavy atom. The first-order chi connectivity index (χ1) is 8.69. The quantitative estimate of drug-likeness (QED) is 0.885. The standard InChI is InChI=1S/C15H23ClN2O/c1-10-8-11(2)14(12(16)9-10)17-7-6-13(19)18-15(3,4)5/h8-9,17H,6-7H2,1-5H3,(H,18,19). The van der Waals surface area contributed by atoms with Crippen molar-refractivity contribution in [2.24, 2.45) is 0 Å². The lowest BCUT2D eigenvalue weighted by Gasteiger charge is -2.20. The lowest BCUT2D eigenvalue weighted by Crippen LogP contribution is -2.41. The number of carbonyl (C=O) groups excluding carboxylic acids is 1. The molecule has 0 aliphatic rings. The molecule has 0 bridgehead atoms. The molecule has 0 unspecified atom stereocenters. The number of hydrogen-bond acceptors (Lipinski definition) is 2. The summed E-state index contributed by atoms with van der Waals surface area (Å²) in [6.45, 7) is 10.5. The second-order valence-corrected chi connectivity index (χ2v) is 6.32. The van der Waals surface area contributed by atoms with Crippen molar-refractivity contribution in [3.8, 4) is 0 Å². The van der Waals surface area contributed by atoms with Crippen molar-refractivity contribution in [3.63, 3.8) is 0 Å². The van der Waals surface area contributed by atoms with Crippen molar-refractivity contribution in [2.75, 3.05) is 11.9 Å². The number of anilines is 1. The minimum absolute atomic E-state index is 0.0425. The zero-order chi connectivity index (χ0) is 14.6. The van der Waals surface area contributed by atoms with Crippen molar-refractivity contribution in [1.82, 2.24) is 5.32 Å². The predicted octanol–water partition coefficient (Wildman–Crippen LogP) is 3.67. The molecule has 0 atom stereocenters. The number of carbonyl (C=O) groups is 1. The summed E-state index contributed by atoms with van der Waals surface area (Å²) in [4.78, 5) is 11.7. The fourth-order valence-corrected chi connectivity index (χ4v) is 2.31. The van der Waals surface area contributed by atoms with E-state index in [1.165, 1.54) is 0 Å². The van der Waals surface area contributed by atoms with Gasteiger partial charge in [-0.2, -0.15) is 0 Å². The Kier molecular flexibility index (Phi) is 5.24. The number of benzene rings is 1. The Bertz CT molecular complexity index is 441. The van der Waals surface area contributed by atoms with Gasteiger partial charge in [0.05, 0.1) is 10.7 Å². The van der Waals surface area contributed by atoms with Gasteiger partial charge in [-0.3, -0.25) is 4.79 Å². The second kappa shape index (κ2) is 6.29. The van der Waals surface area contributed by atoms with Gasteiger partial charge < -0.3 is 10.6 Å². The fourth-order valence-electron chi connectivity index (χ4n) is 1.92. The van der Waals surface area contributed by atoms with Crippen LogP contribution in [0.1, 0.15) is 38.3 Å². The van der Waals surface area contributed by atoms with Crippen molar-refractivity contribution >= 4 is 23.2 Å². The highest BCUT2D eigenvalue weighted by Crippen LogP contribution is 2.27. The highest BCUT2D eigenvalue weighted by molar-refractivity contribution is 6.33. The van der Waals surface area contributed by atoms with Crippen molar-refractivity contribution in [1.29, 1.82) is 0 Å². The number of rotatable bonds is 4. The van der Waals surface area contributed by atoms with Crippen LogP contribution in [-0.4, -0.2) is 18.0 Å². The number of hydrogen-bond donors (Lipinski definition) is 2. The monoisotopic (exact) mass is 282 g/mol. The smallest absolute Gasteiger partial charge is 0.222 e. The van der Waals surface area contributed by atoms with E-state index >= 15 is 0 Å². The van der Waals surface area contributed by atoms with Crippen LogP contribution in [0.4, 0.5) is 5.69 Å². The third-order valence-electron chi connectivity index (χ3n) is 2.60.